The number of aromatic nitrogens is 1. The van der Waals surface area contributed by atoms with Crippen LogP contribution in [0.3, 0.4) is 0 Å². The van der Waals surface area contributed by atoms with Crippen molar-refractivity contribution >= 4 is 38.9 Å². The summed E-state index contributed by atoms with van der Waals surface area (Å²) in [5, 5.41) is 8.84. The summed E-state index contributed by atoms with van der Waals surface area (Å²) < 4.78 is 26.8. The number of rotatable bonds is 3. The Morgan fingerprint density at radius 1 is 1.25 bits per heavy atom. The van der Waals surface area contributed by atoms with Crippen LogP contribution in [0.1, 0.15) is 5.56 Å². The molecule has 0 unspecified atom stereocenters. The number of nitrogens with one attached hydrogen (secondary N) is 1. The highest BCUT2D eigenvalue weighted by atomic mass is 35.5. The lowest BCUT2D eigenvalue weighted by molar-refractivity contribution is 0.601. The molecule has 0 saturated carbocycles. The first-order valence-electron chi connectivity index (χ1n) is 5.27. The van der Waals surface area contributed by atoms with E-state index in [9.17, 15) is 8.42 Å². The van der Waals surface area contributed by atoms with Gasteiger partial charge >= 0.3 is 0 Å². The van der Waals surface area contributed by atoms with Gasteiger partial charge in [0.1, 0.15) is 4.90 Å². The van der Waals surface area contributed by atoms with Gasteiger partial charge in [0.2, 0.25) is 0 Å². The molecular formula is C12H7Cl2N3O2S. The Morgan fingerprint density at radius 2 is 2.00 bits per heavy atom. The third-order valence-electron chi connectivity index (χ3n) is 2.35. The SMILES string of the molecule is N#Cc1ccc(Cl)c(S(=O)(=O)Nc2cccnc2Cl)c1. The first-order chi connectivity index (χ1) is 9.44. The number of benzene rings is 1. The molecule has 0 aliphatic rings. The Labute approximate surface area is 125 Å². The number of sulfonamides is 1. The van der Waals surface area contributed by atoms with Gasteiger partial charge in [-0.15, -0.1) is 0 Å². The fourth-order valence-electron chi connectivity index (χ4n) is 1.44. The minimum Gasteiger partial charge on any atom is -0.276 e. The fraction of sp³-hybridized carbons (Fsp3) is 0. The van der Waals surface area contributed by atoms with Crippen molar-refractivity contribution in [1.29, 1.82) is 5.26 Å². The molecule has 2 aromatic rings. The second-order valence-corrected chi connectivity index (χ2v) is 6.12. The van der Waals surface area contributed by atoms with Crippen molar-refractivity contribution in [2.45, 2.75) is 4.90 Å². The number of nitrogens with zero attached hydrogens (tertiary/aromatic N) is 2. The highest BCUT2D eigenvalue weighted by Gasteiger charge is 2.20. The molecule has 1 heterocycles. The normalized spacial score (nSPS) is 10.8. The number of hydrogen-bond donors (Lipinski definition) is 1. The predicted molar refractivity (Wildman–Crippen MR) is 76.2 cm³/mol. The van der Waals surface area contributed by atoms with Crippen LogP contribution in [0.15, 0.2) is 41.4 Å². The smallest absolute Gasteiger partial charge is 0.263 e. The molecule has 1 aromatic heterocycles. The molecule has 5 nitrogen and oxygen atoms in total. The van der Waals surface area contributed by atoms with Gasteiger partial charge in [0, 0.05) is 6.20 Å². The summed E-state index contributed by atoms with van der Waals surface area (Å²) in [6.07, 6.45) is 1.43. The Hall–Kier alpha value is -1.81. The van der Waals surface area contributed by atoms with E-state index >= 15 is 0 Å². The lowest BCUT2D eigenvalue weighted by Crippen LogP contribution is -2.14. The van der Waals surface area contributed by atoms with Gasteiger partial charge in [-0.2, -0.15) is 5.26 Å². The van der Waals surface area contributed by atoms with E-state index in [1.165, 1.54) is 36.5 Å². The molecule has 0 amide bonds. The first-order valence-corrected chi connectivity index (χ1v) is 7.51. The predicted octanol–water partition coefficient (Wildman–Crippen LogP) is 3.06. The van der Waals surface area contributed by atoms with Crippen molar-refractivity contribution in [1.82, 2.24) is 4.98 Å². The van der Waals surface area contributed by atoms with Gasteiger partial charge in [0.15, 0.2) is 5.15 Å². The Morgan fingerprint density at radius 3 is 2.65 bits per heavy atom. The molecule has 0 fully saturated rings. The standard InChI is InChI=1S/C12H7Cl2N3O2S/c13-9-4-3-8(7-15)6-11(9)20(18,19)17-10-2-1-5-16-12(10)14/h1-6,17H. The van der Waals surface area contributed by atoms with E-state index in [1.807, 2.05) is 6.07 Å². The van der Waals surface area contributed by atoms with Crippen LogP contribution in [-0.4, -0.2) is 13.4 Å². The van der Waals surface area contributed by atoms with E-state index in [4.69, 9.17) is 28.5 Å². The van der Waals surface area contributed by atoms with E-state index < -0.39 is 10.0 Å². The van der Waals surface area contributed by atoms with Crippen LogP contribution in [-0.2, 0) is 10.0 Å². The van der Waals surface area contributed by atoms with Crippen molar-refractivity contribution in [2.75, 3.05) is 4.72 Å². The average molecular weight is 328 g/mol. The van der Waals surface area contributed by atoms with E-state index in [-0.39, 0.29) is 26.3 Å². The molecule has 8 heteroatoms. The van der Waals surface area contributed by atoms with Crippen molar-refractivity contribution in [3.05, 3.63) is 52.3 Å². The number of hydrogen-bond acceptors (Lipinski definition) is 4. The molecule has 0 bridgehead atoms. The molecule has 102 valence electrons. The second kappa shape index (κ2) is 5.67. The highest BCUT2D eigenvalue weighted by molar-refractivity contribution is 7.92. The summed E-state index contributed by atoms with van der Waals surface area (Å²) in [5.74, 6) is 0. The van der Waals surface area contributed by atoms with Crippen LogP contribution in [0.2, 0.25) is 10.2 Å². The molecule has 1 N–H and O–H groups in total. The lowest BCUT2D eigenvalue weighted by Gasteiger charge is -2.10. The van der Waals surface area contributed by atoms with E-state index in [1.54, 1.807) is 0 Å². The minimum atomic E-state index is -3.96. The number of anilines is 1. The van der Waals surface area contributed by atoms with Gasteiger partial charge in [-0.25, -0.2) is 13.4 Å². The summed E-state index contributed by atoms with van der Waals surface area (Å²) >= 11 is 11.7. The summed E-state index contributed by atoms with van der Waals surface area (Å²) in [5.41, 5.74) is 0.319. The maximum Gasteiger partial charge on any atom is 0.263 e. The van der Waals surface area contributed by atoms with Crippen molar-refractivity contribution < 1.29 is 8.42 Å². The summed E-state index contributed by atoms with van der Waals surface area (Å²) in [4.78, 5) is 3.57. The maximum absolute atomic E-state index is 12.3. The van der Waals surface area contributed by atoms with Crippen LogP contribution >= 0.6 is 23.2 Å². The number of nitriles is 1. The minimum absolute atomic E-state index is 0.0107. The maximum atomic E-state index is 12.3. The van der Waals surface area contributed by atoms with Gasteiger partial charge in [0.25, 0.3) is 10.0 Å². The largest absolute Gasteiger partial charge is 0.276 e. The van der Waals surface area contributed by atoms with Crippen LogP contribution in [0.5, 0.6) is 0 Å². The van der Waals surface area contributed by atoms with Crippen LogP contribution in [0.25, 0.3) is 0 Å². The van der Waals surface area contributed by atoms with Crippen molar-refractivity contribution in [3.63, 3.8) is 0 Å². The van der Waals surface area contributed by atoms with E-state index in [0.29, 0.717) is 0 Å². The summed E-state index contributed by atoms with van der Waals surface area (Å²) in [6.45, 7) is 0. The second-order valence-electron chi connectivity index (χ2n) is 3.70. The van der Waals surface area contributed by atoms with Crippen LogP contribution in [0, 0.1) is 11.3 Å². The average Bonchev–Trinajstić information content (AvgIpc) is 2.41. The first kappa shape index (κ1) is 14.6. The molecule has 0 aliphatic carbocycles. The van der Waals surface area contributed by atoms with Crippen molar-refractivity contribution in [2.24, 2.45) is 0 Å². The third-order valence-corrected chi connectivity index (χ3v) is 4.50. The van der Waals surface area contributed by atoms with Gasteiger partial charge in [-0.05, 0) is 30.3 Å². The van der Waals surface area contributed by atoms with Gasteiger partial charge in [-0.1, -0.05) is 23.2 Å². The fourth-order valence-corrected chi connectivity index (χ4v) is 3.26. The number of pyridine rings is 1. The van der Waals surface area contributed by atoms with Crippen LogP contribution < -0.4 is 4.72 Å². The molecule has 2 rings (SSSR count). The van der Waals surface area contributed by atoms with Crippen molar-refractivity contribution in [3.8, 4) is 6.07 Å². The summed E-state index contributed by atoms with van der Waals surface area (Å²) in [7, 11) is -3.96. The highest BCUT2D eigenvalue weighted by Crippen LogP contribution is 2.26. The Bertz CT molecular complexity index is 801. The Balaban J connectivity index is 2.47. The molecule has 0 aliphatic heterocycles. The number of halogens is 2. The molecule has 1 aromatic carbocycles. The van der Waals surface area contributed by atoms with E-state index in [0.717, 1.165) is 0 Å². The molecule has 0 spiro atoms. The zero-order valence-electron chi connectivity index (χ0n) is 9.84. The zero-order chi connectivity index (χ0) is 14.8. The molecule has 20 heavy (non-hydrogen) atoms. The molecule has 0 atom stereocenters. The monoisotopic (exact) mass is 327 g/mol. The summed E-state index contributed by atoms with van der Waals surface area (Å²) in [6, 6.07) is 8.82. The Kier molecular flexibility index (Phi) is 4.14. The van der Waals surface area contributed by atoms with E-state index in [2.05, 4.69) is 9.71 Å². The van der Waals surface area contributed by atoms with Crippen LogP contribution in [0.4, 0.5) is 5.69 Å². The zero-order valence-corrected chi connectivity index (χ0v) is 12.2. The van der Waals surface area contributed by atoms with Gasteiger partial charge in [0.05, 0.1) is 22.3 Å². The molecule has 0 radical (unpaired) electrons. The lowest BCUT2D eigenvalue weighted by atomic mass is 10.2. The molecule has 0 saturated heterocycles. The third kappa shape index (κ3) is 3.02. The quantitative estimate of drug-likeness (QED) is 0.878. The molecular weight excluding hydrogens is 321 g/mol. The topological polar surface area (TPSA) is 82.8 Å². The van der Waals surface area contributed by atoms with Gasteiger partial charge < -0.3 is 0 Å². The van der Waals surface area contributed by atoms with Gasteiger partial charge in [-0.3, -0.25) is 4.72 Å².